The number of allylic oxidation sites excluding steroid dienone is 1. The zero-order valence-electron chi connectivity index (χ0n) is 13.0. The SMILES string of the molecule is Cc1cc(/C=C/C(c2cc(Cl)c(Cl)c(Cl)c2)C(F)(F)F)ccc1CO. The van der Waals surface area contributed by atoms with Gasteiger partial charge in [-0.2, -0.15) is 13.2 Å². The minimum absolute atomic E-state index is 0.0206. The maximum atomic E-state index is 13.5. The van der Waals surface area contributed by atoms with Crippen LogP contribution in [0.5, 0.6) is 0 Å². The molecule has 1 atom stereocenters. The first-order chi connectivity index (χ1) is 11.6. The Morgan fingerprint density at radius 2 is 1.68 bits per heavy atom. The summed E-state index contributed by atoms with van der Waals surface area (Å²) in [4.78, 5) is 0. The second-order valence-corrected chi connectivity index (χ2v) is 6.71. The molecule has 134 valence electrons. The van der Waals surface area contributed by atoms with Crippen molar-refractivity contribution in [1.29, 1.82) is 0 Å². The summed E-state index contributed by atoms with van der Waals surface area (Å²) >= 11 is 17.5. The third-order valence-corrected chi connectivity index (χ3v) is 4.93. The van der Waals surface area contributed by atoms with Crippen LogP contribution in [0.2, 0.25) is 15.1 Å². The Labute approximate surface area is 158 Å². The van der Waals surface area contributed by atoms with E-state index < -0.39 is 12.1 Å². The van der Waals surface area contributed by atoms with Crippen molar-refractivity contribution in [2.45, 2.75) is 25.6 Å². The predicted octanol–water partition coefficient (Wildman–Crippen LogP) is 6.81. The van der Waals surface area contributed by atoms with Crippen LogP contribution in [0.25, 0.3) is 6.08 Å². The molecule has 1 nitrogen and oxygen atoms in total. The molecule has 0 bridgehead atoms. The van der Waals surface area contributed by atoms with E-state index in [4.69, 9.17) is 39.9 Å². The molecule has 7 heteroatoms. The smallest absolute Gasteiger partial charge is 0.392 e. The lowest BCUT2D eigenvalue weighted by atomic mass is 9.96. The fourth-order valence-electron chi connectivity index (χ4n) is 2.37. The van der Waals surface area contributed by atoms with Crippen LogP contribution >= 0.6 is 34.8 Å². The van der Waals surface area contributed by atoms with Crippen molar-refractivity contribution in [1.82, 2.24) is 0 Å². The zero-order chi connectivity index (χ0) is 18.8. The molecule has 0 fully saturated rings. The minimum atomic E-state index is -4.52. The van der Waals surface area contributed by atoms with Gasteiger partial charge in [-0.25, -0.2) is 0 Å². The highest BCUT2D eigenvalue weighted by atomic mass is 35.5. The molecule has 0 amide bonds. The van der Waals surface area contributed by atoms with Gasteiger partial charge in [0.1, 0.15) is 0 Å². The Balaban J connectivity index is 2.41. The summed E-state index contributed by atoms with van der Waals surface area (Å²) in [6.45, 7) is 1.66. The Bertz CT molecular complexity index is 778. The summed E-state index contributed by atoms with van der Waals surface area (Å²) in [6, 6.07) is 7.35. The lowest BCUT2D eigenvalue weighted by Crippen LogP contribution is -2.19. The summed E-state index contributed by atoms with van der Waals surface area (Å²) in [5.74, 6) is -1.88. The van der Waals surface area contributed by atoms with E-state index in [9.17, 15) is 13.2 Å². The van der Waals surface area contributed by atoms with E-state index in [1.54, 1.807) is 25.1 Å². The third kappa shape index (κ3) is 4.91. The normalized spacial score (nSPS) is 13.4. The van der Waals surface area contributed by atoms with Crippen molar-refractivity contribution < 1.29 is 18.3 Å². The summed E-state index contributed by atoms with van der Waals surface area (Å²) in [6.07, 6.45) is -2.09. The van der Waals surface area contributed by atoms with E-state index in [0.29, 0.717) is 5.56 Å². The molecule has 0 aliphatic heterocycles. The predicted molar refractivity (Wildman–Crippen MR) is 96.4 cm³/mol. The number of aliphatic hydroxyl groups is 1. The van der Waals surface area contributed by atoms with Gasteiger partial charge in [0.2, 0.25) is 0 Å². The number of benzene rings is 2. The number of rotatable bonds is 4. The quantitative estimate of drug-likeness (QED) is 0.550. The number of alkyl halides is 3. The molecule has 2 rings (SSSR count). The molecular formula is C18H14Cl3F3O. The second-order valence-electron chi connectivity index (χ2n) is 5.52. The molecule has 0 saturated carbocycles. The zero-order valence-corrected chi connectivity index (χ0v) is 15.3. The van der Waals surface area contributed by atoms with Gasteiger partial charge in [-0.1, -0.05) is 65.2 Å². The highest BCUT2D eigenvalue weighted by Crippen LogP contribution is 2.41. The Kier molecular flexibility index (Phi) is 6.44. The van der Waals surface area contributed by atoms with E-state index in [2.05, 4.69) is 0 Å². The number of halogens is 6. The number of hydrogen-bond donors (Lipinski definition) is 1. The molecule has 0 heterocycles. The van der Waals surface area contributed by atoms with Crippen molar-refractivity contribution in [2.24, 2.45) is 0 Å². The van der Waals surface area contributed by atoms with Gasteiger partial charge in [-0.05, 0) is 41.3 Å². The maximum Gasteiger partial charge on any atom is 0.399 e. The first-order valence-corrected chi connectivity index (χ1v) is 8.36. The largest absolute Gasteiger partial charge is 0.399 e. The van der Waals surface area contributed by atoms with Gasteiger partial charge in [0.05, 0.1) is 27.6 Å². The minimum Gasteiger partial charge on any atom is -0.392 e. The van der Waals surface area contributed by atoms with E-state index >= 15 is 0 Å². The number of hydrogen-bond acceptors (Lipinski definition) is 1. The standard InChI is InChI=1S/C18H14Cl3F3O/c1-10-6-11(2-4-12(10)9-25)3-5-14(18(22,23)24)13-7-15(19)17(21)16(20)8-13/h2-8,14,25H,9H2,1H3/b5-3+. The van der Waals surface area contributed by atoms with Crippen LogP contribution in [0.4, 0.5) is 13.2 Å². The fourth-order valence-corrected chi connectivity index (χ4v) is 2.98. The summed E-state index contributed by atoms with van der Waals surface area (Å²) in [7, 11) is 0. The van der Waals surface area contributed by atoms with Crippen LogP contribution in [-0.4, -0.2) is 11.3 Å². The molecule has 0 aromatic heterocycles. The molecular weight excluding hydrogens is 396 g/mol. The summed E-state index contributed by atoms with van der Waals surface area (Å²) in [5, 5.41) is 9.11. The van der Waals surface area contributed by atoms with Gasteiger partial charge in [0.15, 0.2) is 0 Å². The van der Waals surface area contributed by atoms with Crippen LogP contribution < -0.4 is 0 Å². The van der Waals surface area contributed by atoms with E-state index in [0.717, 1.165) is 17.2 Å². The molecule has 0 aliphatic carbocycles. The van der Waals surface area contributed by atoms with Crippen LogP contribution in [0.1, 0.15) is 28.2 Å². The second kappa shape index (κ2) is 8.00. The van der Waals surface area contributed by atoms with Gasteiger partial charge in [0, 0.05) is 0 Å². The first kappa shape index (κ1) is 20.1. The first-order valence-electron chi connectivity index (χ1n) is 7.23. The molecule has 1 unspecified atom stereocenters. The van der Waals surface area contributed by atoms with Crippen LogP contribution in [0.15, 0.2) is 36.4 Å². The van der Waals surface area contributed by atoms with Crippen molar-refractivity contribution in [3.05, 3.63) is 73.7 Å². The lowest BCUT2D eigenvalue weighted by Gasteiger charge is -2.18. The average Bonchev–Trinajstić information content (AvgIpc) is 2.51. The lowest BCUT2D eigenvalue weighted by molar-refractivity contribution is -0.139. The third-order valence-electron chi connectivity index (χ3n) is 3.74. The van der Waals surface area contributed by atoms with Crippen molar-refractivity contribution in [2.75, 3.05) is 0 Å². The molecule has 0 aliphatic rings. The van der Waals surface area contributed by atoms with Crippen molar-refractivity contribution in [3.63, 3.8) is 0 Å². The van der Waals surface area contributed by atoms with Gasteiger partial charge in [-0.3, -0.25) is 0 Å². The van der Waals surface area contributed by atoms with E-state index in [1.165, 1.54) is 18.2 Å². The summed E-state index contributed by atoms with van der Waals surface area (Å²) in [5.41, 5.74) is 2.02. The monoisotopic (exact) mass is 408 g/mol. The van der Waals surface area contributed by atoms with Crippen LogP contribution in [0, 0.1) is 6.92 Å². The highest BCUT2D eigenvalue weighted by molar-refractivity contribution is 6.48. The molecule has 2 aromatic carbocycles. The van der Waals surface area contributed by atoms with Crippen LogP contribution in [0.3, 0.4) is 0 Å². The van der Waals surface area contributed by atoms with Gasteiger partial charge in [-0.15, -0.1) is 0 Å². The van der Waals surface area contributed by atoms with Crippen LogP contribution in [-0.2, 0) is 6.61 Å². The highest BCUT2D eigenvalue weighted by Gasteiger charge is 2.39. The molecule has 2 aromatic rings. The van der Waals surface area contributed by atoms with Crippen molar-refractivity contribution >= 4 is 40.9 Å². The molecule has 0 radical (unpaired) electrons. The Morgan fingerprint density at radius 1 is 1.08 bits per heavy atom. The molecule has 0 saturated heterocycles. The fraction of sp³-hybridized carbons (Fsp3) is 0.222. The average molecular weight is 410 g/mol. The number of aryl methyl sites for hydroxylation is 1. The summed E-state index contributed by atoms with van der Waals surface area (Å²) < 4.78 is 40.4. The van der Waals surface area contributed by atoms with Gasteiger partial charge in [0.25, 0.3) is 0 Å². The van der Waals surface area contributed by atoms with Gasteiger partial charge < -0.3 is 5.11 Å². The molecule has 1 N–H and O–H groups in total. The molecule has 25 heavy (non-hydrogen) atoms. The van der Waals surface area contributed by atoms with Gasteiger partial charge >= 0.3 is 6.18 Å². The topological polar surface area (TPSA) is 20.2 Å². The number of aliphatic hydroxyl groups excluding tert-OH is 1. The van der Waals surface area contributed by atoms with E-state index in [-0.39, 0.29) is 27.2 Å². The molecule has 0 spiro atoms. The van der Waals surface area contributed by atoms with E-state index in [1.807, 2.05) is 0 Å². The van der Waals surface area contributed by atoms with Crippen molar-refractivity contribution in [3.8, 4) is 0 Å². The Morgan fingerprint density at radius 3 is 2.16 bits per heavy atom. The maximum absolute atomic E-state index is 13.5. The Hall–Kier alpha value is -1.20.